The minimum Gasteiger partial charge on any atom is -0.444 e. The van der Waals surface area contributed by atoms with Crippen LogP contribution in [0.4, 0.5) is 4.79 Å². The van der Waals surface area contributed by atoms with Crippen molar-refractivity contribution in [2.45, 2.75) is 39.3 Å². The fraction of sp³-hybridized carbons (Fsp3) is 0.412. The van der Waals surface area contributed by atoms with Crippen LogP contribution in [0.25, 0.3) is 0 Å². The van der Waals surface area contributed by atoms with Crippen LogP contribution in [0.3, 0.4) is 0 Å². The highest BCUT2D eigenvalue weighted by Gasteiger charge is 2.26. The first-order valence-electron chi connectivity index (χ1n) is 6.89. The molecule has 0 spiro atoms. The molecule has 1 heterocycles. The van der Waals surface area contributed by atoms with Crippen LogP contribution in [0.5, 0.6) is 0 Å². The van der Waals surface area contributed by atoms with Crippen molar-refractivity contribution in [3.63, 3.8) is 0 Å². The van der Waals surface area contributed by atoms with E-state index in [1.807, 2.05) is 26.8 Å². The van der Waals surface area contributed by atoms with Crippen molar-refractivity contribution < 1.29 is 14.3 Å². The van der Waals surface area contributed by atoms with Crippen LogP contribution < -0.4 is 0 Å². The van der Waals surface area contributed by atoms with Crippen LogP contribution in [0.2, 0.25) is 0 Å². The molecule has 0 N–H and O–H groups in total. The first-order valence-corrected chi connectivity index (χ1v) is 6.89. The van der Waals surface area contributed by atoms with E-state index in [1.54, 1.807) is 11.0 Å². The van der Waals surface area contributed by atoms with Gasteiger partial charge in [-0.15, -0.1) is 6.42 Å². The Labute approximate surface area is 125 Å². The second-order valence-corrected chi connectivity index (χ2v) is 6.12. The molecule has 4 heteroatoms. The number of amides is 1. The zero-order chi connectivity index (χ0) is 15.6. The Balaban J connectivity index is 2.23. The lowest BCUT2D eigenvalue weighted by atomic mass is 9.94. The third kappa shape index (κ3) is 3.43. The molecule has 0 fully saturated rings. The van der Waals surface area contributed by atoms with Gasteiger partial charge in [0.05, 0.1) is 0 Å². The number of terminal acetylenes is 1. The number of hydrogen-bond donors (Lipinski definition) is 0. The number of hydrogen-bond acceptors (Lipinski definition) is 3. The van der Waals surface area contributed by atoms with Crippen molar-refractivity contribution in [1.82, 2.24) is 4.90 Å². The average molecular weight is 285 g/mol. The first kappa shape index (κ1) is 15.1. The van der Waals surface area contributed by atoms with Gasteiger partial charge in [0.15, 0.2) is 6.29 Å². The van der Waals surface area contributed by atoms with Crippen LogP contribution in [-0.2, 0) is 17.7 Å². The van der Waals surface area contributed by atoms with Crippen molar-refractivity contribution in [2.24, 2.45) is 0 Å². The molecular weight excluding hydrogens is 266 g/mol. The maximum absolute atomic E-state index is 12.1. The van der Waals surface area contributed by atoms with E-state index in [9.17, 15) is 9.59 Å². The number of nitrogens with zero attached hydrogens (tertiary/aromatic N) is 1. The summed E-state index contributed by atoms with van der Waals surface area (Å²) < 4.78 is 5.38. The fourth-order valence-corrected chi connectivity index (χ4v) is 2.33. The maximum Gasteiger partial charge on any atom is 0.410 e. The Morgan fingerprint density at radius 2 is 2.10 bits per heavy atom. The van der Waals surface area contributed by atoms with Gasteiger partial charge in [-0.2, -0.15) is 0 Å². The van der Waals surface area contributed by atoms with Crippen molar-refractivity contribution in [1.29, 1.82) is 0 Å². The molecule has 1 aliphatic rings. The smallest absolute Gasteiger partial charge is 0.410 e. The highest BCUT2D eigenvalue weighted by atomic mass is 16.6. The molecule has 1 aromatic rings. The molecule has 4 nitrogen and oxygen atoms in total. The molecule has 0 unspecified atom stereocenters. The number of aldehydes is 1. The van der Waals surface area contributed by atoms with Crippen molar-refractivity contribution in [2.75, 3.05) is 6.54 Å². The molecule has 0 atom stereocenters. The number of fused-ring (bicyclic) bond motifs is 1. The van der Waals surface area contributed by atoms with Gasteiger partial charge in [0, 0.05) is 24.2 Å². The van der Waals surface area contributed by atoms with Crippen molar-refractivity contribution >= 4 is 12.4 Å². The van der Waals surface area contributed by atoms with E-state index in [-0.39, 0.29) is 6.09 Å². The zero-order valence-corrected chi connectivity index (χ0v) is 12.6. The van der Waals surface area contributed by atoms with Gasteiger partial charge in [0.25, 0.3) is 0 Å². The number of carbonyl (C=O) groups is 2. The summed E-state index contributed by atoms with van der Waals surface area (Å²) in [6.07, 6.45) is 6.54. The van der Waals surface area contributed by atoms with Crippen LogP contribution in [0.15, 0.2) is 12.1 Å². The zero-order valence-electron chi connectivity index (χ0n) is 12.6. The summed E-state index contributed by atoms with van der Waals surface area (Å²) in [7, 11) is 0. The summed E-state index contributed by atoms with van der Waals surface area (Å²) in [5.41, 5.74) is 2.62. The lowest BCUT2D eigenvalue weighted by Crippen LogP contribution is -2.40. The molecule has 0 saturated carbocycles. The van der Waals surface area contributed by atoms with E-state index in [1.165, 1.54) is 0 Å². The number of rotatable bonds is 1. The van der Waals surface area contributed by atoms with Crippen LogP contribution in [0, 0.1) is 12.3 Å². The SMILES string of the molecule is C#Cc1cc2c(cc1C=O)CN(C(=O)OC(C)(C)C)CC2. The molecule has 2 rings (SSSR count). The van der Waals surface area contributed by atoms with E-state index in [2.05, 4.69) is 5.92 Å². The Morgan fingerprint density at radius 1 is 1.38 bits per heavy atom. The van der Waals surface area contributed by atoms with Gasteiger partial charge in [-0.25, -0.2) is 4.79 Å². The van der Waals surface area contributed by atoms with E-state index < -0.39 is 5.60 Å². The monoisotopic (exact) mass is 285 g/mol. The van der Waals surface area contributed by atoms with E-state index in [0.717, 1.165) is 17.4 Å². The van der Waals surface area contributed by atoms with Crippen LogP contribution in [-0.4, -0.2) is 29.4 Å². The molecule has 110 valence electrons. The highest BCUT2D eigenvalue weighted by molar-refractivity contribution is 5.80. The molecule has 0 aliphatic carbocycles. The number of benzene rings is 1. The Hall–Kier alpha value is -2.28. The molecule has 0 aromatic heterocycles. The predicted octanol–water partition coefficient (Wildman–Crippen LogP) is 2.77. The molecule has 0 saturated heterocycles. The second-order valence-electron chi connectivity index (χ2n) is 6.12. The molecule has 21 heavy (non-hydrogen) atoms. The van der Waals surface area contributed by atoms with Gasteiger partial charge in [0.1, 0.15) is 5.60 Å². The standard InChI is InChI=1S/C17H19NO3/c1-5-12-8-13-6-7-18(16(20)21-17(2,3)4)10-14(13)9-15(12)11-19/h1,8-9,11H,6-7,10H2,2-4H3. The molecule has 0 radical (unpaired) electrons. The third-order valence-corrected chi connectivity index (χ3v) is 3.32. The summed E-state index contributed by atoms with van der Waals surface area (Å²) in [4.78, 5) is 24.8. The third-order valence-electron chi connectivity index (χ3n) is 3.32. The minimum absolute atomic E-state index is 0.332. The summed E-state index contributed by atoms with van der Waals surface area (Å²) in [5, 5.41) is 0. The molecule has 1 aliphatic heterocycles. The van der Waals surface area contributed by atoms with Gasteiger partial charge in [-0.3, -0.25) is 4.79 Å². The first-order chi connectivity index (χ1) is 9.84. The van der Waals surface area contributed by atoms with Gasteiger partial charge in [-0.1, -0.05) is 5.92 Å². The van der Waals surface area contributed by atoms with E-state index in [0.29, 0.717) is 30.6 Å². The summed E-state index contributed by atoms with van der Waals surface area (Å²) in [6, 6.07) is 3.64. The molecule has 1 amide bonds. The molecule has 0 bridgehead atoms. The lowest BCUT2D eigenvalue weighted by molar-refractivity contribution is 0.0224. The molecule has 1 aromatic carbocycles. The minimum atomic E-state index is -0.515. The quantitative estimate of drug-likeness (QED) is 0.589. The summed E-state index contributed by atoms with van der Waals surface area (Å²) in [6.45, 7) is 6.55. The van der Waals surface area contributed by atoms with Gasteiger partial charge in [-0.05, 0) is 50.5 Å². The van der Waals surface area contributed by atoms with Crippen LogP contribution in [0.1, 0.15) is 47.8 Å². The number of carbonyl (C=O) groups excluding carboxylic acids is 2. The predicted molar refractivity (Wildman–Crippen MR) is 80.1 cm³/mol. The van der Waals surface area contributed by atoms with Gasteiger partial charge < -0.3 is 9.64 Å². The van der Waals surface area contributed by atoms with E-state index >= 15 is 0 Å². The Morgan fingerprint density at radius 3 is 2.67 bits per heavy atom. The van der Waals surface area contributed by atoms with Crippen LogP contribution >= 0.6 is 0 Å². The van der Waals surface area contributed by atoms with Crippen molar-refractivity contribution in [3.05, 3.63) is 34.4 Å². The fourth-order valence-electron chi connectivity index (χ4n) is 2.33. The topological polar surface area (TPSA) is 46.6 Å². The summed E-state index contributed by atoms with van der Waals surface area (Å²) >= 11 is 0. The second kappa shape index (κ2) is 5.61. The Kier molecular flexibility index (Phi) is 4.04. The van der Waals surface area contributed by atoms with E-state index in [4.69, 9.17) is 11.2 Å². The molecular formula is C17H19NO3. The van der Waals surface area contributed by atoms with Gasteiger partial charge >= 0.3 is 6.09 Å². The normalized spacial score (nSPS) is 14.1. The number of ether oxygens (including phenoxy) is 1. The van der Waals surface area contributed by atoms with Crippen molar-refractivity contribution in [3.8, 4) is 12.3 Å². The Bertz CT molecular complexity index is 620. The highest BCUT2D eigenvalue weighted by Crippen LogP contribution is 2.24. The van der Waals surface area contributed by atoms with Gasteiger partial charge in [0.2, 0.25) is 0 Å². The lowest BCUT2D eigenvalue weighted by Gasteiger charge is -2.31. The summed E-state index contributed by atoms with van der Waals surface area (Å²) in [5.74, 6) is 2.53. The average Bonchev–Trinajstić information content (AvgIpc) is 2.43. The maximum atomic E-state index is 12.1. The largest absolute Gasteiger partial charge is 0.444 e.